The van der Waals surface area contributed by atoms with Gasteiger partial charge in [0.1, 0.15) is 11.9 Å². The Morgan fingerprint density at radius 3 is 2.34 bits per heavy atom. The van der Waals surface area contributed by atoms with Gasteiger partial charge in [-0.2, -0.15) is 0 Å². The Kier molecular flexibility index (Phi) is 5.98. The molecule has 0 aliphatic carbocycles. The third-order valence-corrected chi connectivity index (χ3v) is 4.84. The molecule has 146 valence electrons. The second kappa shape index (κ2) is 8.99. The molecule has 1 atom stereocenters. The minimum absolute atomic E-state index is 0.288. The van der Waals surface area contributed by atoms with Crippen LogP contribution in [0.5, 0.6) is 0 Å². The summed E-state index contributed by atoms with van der Waals surface area (Å²) in [5, 5.41) is 12.6. The average molecular weight is 408 g/mol. The van der Waals surface area contributed by atoms with Crippen molar-refractivity contribution in [2.24, 2.45) is 0 Å². The maximum atomic E-state index is 13.4. The van der Waals surface area contributed by atoms with Gasteiger partial charge in [0, 0.05) is 17.1 Å². The molecule has 1 heterocycles. The third-order valence-electron chi connectivity index (χ3n) is 4.59. The highest BCUT2D eigenvalue weighted by Crippen LogP contribution is 2.25. The van der Waals surface area contributed by atoms with Crippen molar-refractivity contribution in [2.75, 3.05) is 6.54 Å². The molecule has 0 saturated heterocycles. The molecule has 0 amide bonds. The summed E-state index contributed by atoms with van der Waals surface area (Å²) in [5.74, 6) is 0.600. The van der Waals surface area contributed by atoms with Gasteiger partial charge in [0.05, 0.1) is 0 Å². The van der Waals surface area contributed by atoms with Crippen LogP contribution in [0.2, 0.25) is 5.02 Å². The molecule has 0 unspecified atom stereocenters. The van der Waals surface area contributed by atoms with E-state index in [0.29, 0.717) is 23.3 Å². The van der Waals surface area contributed by atoms with Crippen molar-refractivity contribution in [1.82, 2.24) is 15.5 Å². The fourth-order valence-corrected chi connectivity index (χ4v) is 3.19. The zero-order chi connectivity index (χ0) is 20.1. The first-order chi connectivity index (χ1) is 14.2. The molecule has 6 heteroatoms. The van der Waals surface area contributed by atoms with Crippen molar-refractivity contribution in [3.05, 3.63) is 107 Å². The Morgan fingerprint density at radius 1 is 0.897 bits per heavy atom. The monoisotopic (exact) mass is 407 g/mol. The predicted octanol–water partition coefficient (Wildman–Crippen LogP) is 5.45. The van der Waals surface area contributed by atoms with Gasteiger partial charge in [-0.25, -0.2) is 4.39 Å². The number of hydrogen-bond donors (Lipinski definition) is 1. The van der Waals surface area contributed by atoms with Crippen LogP contribution in [0, 0.1) is 5.82 Å². The van der Waals surface area contributed by atoms with E-state index in [0.717, 1.165) is 23.1 Å². The van der Waals surface area contributed by atoms with E-state index in [-0.39, 0.29) is 11.9 Å². The van der Waals surface area contributed by atoms with Crippen LogP contribution in [0.1, 0.15) is 23.1 Å². The summed E-state index contributed by atoms with van der Waals surface area (Å²) in [6, 6.07) is 23.3. The molecular formula is C23H19ClFN3O. The molecule has 0 saturated carbocycles. The summed E-state index contributed by atoms with van der Waals surface area (Å²) < 4.78 is 19.3. The molecule has 0 aliphatic heterocycles. The fraction of sp³-hybridized carbons (Fsp3) is 0.130. The SMILES string of the molecule is Fc1ccc([C@@H](NCCc2ccc(Cl)cc2)c2nnc(-c3ccccc3)o2)cc1. The van der Waals surface area contributed by atoms with Crippen molar-refractivity contribution in [1.29, 1.82) is 0 Å². The van der Waals surface area contributed by atoms with Crippen molar-refractivity contribution >= 4 is 11.6 Å². The molecule has 29 heavy (non-hydrogen) atoms. The number of nitrogens with one attached hydrogen (secondary N) is 1. The second-order valence-corrected chi connectivity index (χ2v) is 7.06. The normalized spacial score (nSPS) is 12.1. The molecular weight excluding hydrogens is 389 g/mol. The summed E-state index contributed by atoms with van der Waals surface area (Å²) in [7, 11) is 0. The average Bonchev–Trinajstić information content (AvgIpc) is 3.24. The Hall–Kier alpha value is -3.02. The zero-order valence-electron chi connectivity index (χ0n) is 15.6. The molecule has 4 nitrogen and oxygen atoms in total. The molecule has 0 fully saturated rings. The number of rotatable bonds is 7. The van der Waals surface area contributed by atoms with Gasteiger partial charge in [0.15, 0.2) is 0 Å². The summed E-state index contributed by atoms with van der Waals surface area (Å²) in [6.45, 7) is 0.673. The lowest BCUT2D eigenvalue weighted by atomic mass is 10.1. The molecule has 1 aromatic heterocycles. The van der Waals surface area contributed by atoms with E-state index in [4.69, 9.17) is 16.0 Å². The van der Waals surface area contributed by atoms with E-state index in [1.807, 2.05) is 54.6 Å². The molecule has 3 aromatic carbocycles. The minimum atomic E-state index is -0.340. The van der Waals surface area contributed by atoms with E-state index < -0.39 is 0 Å². The van der Waals surface area contributed by atoms with Crippen LogP contribution in [0.3, 0.4) is 0 Å². The second-order valence-electron chi connectivity index (χ2n) is 6.63. The highest BCUT2D eigenvalue weighted by molar-refractivity contribution is 6.30. The third kappa shape index (κ3) is 4.88. The van der Waals surface area contributed by atoms with E-state index >= 15 is 0 Å². The Bertz CT molecular complexity index is 1050. The highest BCUT2D eigenvalue weighted by Gasteiger charge is 2.21. The van der Waals surface area contributed by atoms with Crippen LogP contribution in [-0.2, 0) is 6.42 Å². The van der Waals surface area contributed by atoms with Crippen LogP contribution in [0.25, 0.3) is 11.5 Å². The van der Waals surface area contributed by atoms with Crippen molar-refractivity contribution in [3.63, 3.8) is 0 Å². The molecule has 0 aliphatic rings. The zero-order valence-corrected chi connectivity index (χ0v) is 16.3. The van der Waals surface area contributed by atoms with Crippen LogP contribution < -0.4 is 5.32 Å². The number of hydrogen-bond acceptors (Lipinski definition) is 4. The first-order valence-corrected chi connectivity index (χ1v) is 9.69. The summed E-state index contributed by atoms with van der Waals surface area (Å²) in [5.41, 5.74) is 2.87. The molecule has 0 spiro atoms. The van der Waals surface area contributed by atoms with Crippen molar-refractivity contribution in [2.45, 2.75) is 12.5 Å². The lowest BCUT2D eigenvalue weighted by Gasteiger charge is -2.16. The van der Waals surface area contributed by atoms with Gasteiger partial charge in [-0.05, 0) is 53.9 Å². The van der Waals surface area contributed by atoms with E-state index in [1.165, 1.54) is 12.1 Å². The molecule has 4 aromatic rings. The van der Waals surface area contributed by atoms with E-state index in [9.17, 15) is 4.39 Å². The Morgan fingerprint density at radius 2 is 1.62 bits per heavy atom. The minimum Gasteiger partial charge on any atom is -0.419 e. The summed E-state index contributed by atoms with van der Waals surface area (Å²) in [6.07, 6.45) is 0.800. The van der Waals surface area contributed by atoms with E-state index in [1.54, 1.807) is 12.1 Å². The fourth-order valence-electron chi connectivity index (χ4n) is 3.06. The smallest absolute Gasteiger partial charge is 0.247 e. The van der Waals surface area contributed by atoms with Gasteiger partial charge in [-0.1, -0.05) is 54.1 Å². The largest absolute Gasteiger partial charge is 0.419 e. The topological polar surface area (TPSA) is 51.0 Å². The standard InChI is InChI=1S/C23H19ClFN3O/c24-19-10-6-16(7-11-19)14-15-26-21(17-8-12-20(25)13-9-17)23-28-27-22(29-23)18-4-2-1-3-5-18/h1-13,21,26H,14-15H2/t21-/m1/s1. The maximum absolute atomic E-state index is 13.4. The van der Waals surface area contributed by atoms with Gasteiger partial charge in [-0.3, -0.25) is 0 Å². The molecule has 1 N–H and O–H groups in total. The molecule has 0 bridgehead atoms. The van der Waals surface area contributed by atoms with Gasteiger partial charge >= 0.3 is 0 Å². The van der Waals surface area contributed by atoms with Gasteiger partial charge < -0.3 is 9.73 Å². The van der Waals surface area contributed by atoms with Gasteiger partial charge in [0.2, 0.25) is 11.8 Å². The number of benzene rings is 3. The maximum Gasteiger partial charge on any atom is 0.247 e. The summed E-state index contributed by atoms with van der Waals surface area (Å²) in [4.78, 5) is 0. The van der Waals surface area contributed by atoms with Gasteiger partial charge in [0.25, 0.3) is 0 Å². The van der Waals surface area contributed by atoms with Gasteiger partial charge in [-0.15, -0.1) is 10.2 Å². The first kappa shape index (κ1) is 19.3. The van der Waals surface area contributed by atoms with Crippen molar-refractivity contribution < 1.29 is 8.81 Å². The van der Waals surface area contributed by atoms with Crippen LogP contribution in [0.15, 0.2) is 83.3 Å². The van der Waals surface area contributed by atoms with Crippen LogP contribution in [-0.4, -0.2) is 16.7 Å². The number of aromatic nitrogens is 2. The van der Waals surface area contributed by atoms with Crippen LogP contribution in [0.4, 0.5) is 4.39 Å². The molecule has 4 rings (SSSR count). The molecule has 0 radical (unpaired) electrons. The predicted molar refractivity (Wildman–Crippen MR) is 111 cm³/mol. The Labute approximate surface area is 173 Å². The lowest BCUT2D eigenvalue weighted by Crippen LogP contribution is -2.25. The van der Waals surface area contributed by atoms with Crippen molar-refractivity contribution in [3.8, 4) is 11.5 Å². The van der Waals surface area contributed by atoms with Crippen LogP contribution >= 0.6 is 11.6 Å². The number of halogens is 2. The lowest BCUT2D eigenvalue weighted by molar-refractivity contribution is 0.440. The summed E-state index contributed by atoms with van der Waals surface area (Å²) >= 11 is 5.95. The highest BCUT2D eigenvalue weighted by atomic mass is 35.5. The Balaban J connectivity index is 1.54. The van der Waals surface area contributed by atoms with E-state index in [2.05, 4.69) is 15.5 Å². The quantitative estimate of drug-likeness (QED) is 0.442. The first-order valence-electron chi connectivity index (χ1n) is 9.31. The number of nitrogens with zero attached hydrogens (tertiary/aromatic N) is 2.